The summed E-state index contributed by atoms with van der Waals surface area (Å²) in [6.07, 6.45) is 1.46. The van der Waals surface area contributed by atoms with Crippen LogP contribution in [-0.2, 0) is 9.84 Å². The van der Waals surface area contributed by atoms with Crippen molar-refractivity contribution in [2.24, 2.45) is 5.73 Å². The second-order valence-electron chi connectivity index (χ2n) is 2.36. The molecule has 1 fully saturated rings. The van der Waals surface area contributed by atoms with Gasteiger partial charge < -0.3 is 5.73 Å². The molecule has 2 N–H and O–H groups in total. The Labute approximate surface area is 55.2 Å². The topological polar surface area (TPSA) is 60.2 Å². The fourth-order valence-electron chi connectivity index (χ4n) is 0.987. The maximum absolute atomic E-state index is 10.8. The van der Waals surface area contributed by atoms with E-state index < -0.39 is 9.84 Å². The second-order valence-corrected chi connectivity index (χ2v) is 4.76. The van der Waals surface area contributed by atoms with Gasteiger partial charge in [-0.25, -0.2) is 8.42 Å². The molecule has 1 aliphatic rings. The van der Waals surface area contributed by atoms with Crippen molar-refractivity contribution in [3.8, 4) is 0 Å². The Kier molecular flexibility index (Phi) is 1.77. The van der Waals surface area contributed by atoms with Gasteiger partial charge in [-0.3, -0.25) is 0 Å². The van der Waals surface area contributed by atoms with Gasteiger partial charge in [0.15, 0.2) is 9.84 Å². The molecule has 1 atom stereocenters. The summed E-state index contributed by atoms with van der Waals surface area (Å²) in [5.74, 6) is 0.373. The van der Waals surface area contributed by atoms with Gasteiger partial charge in [-0.1, -0.05) is 0 Å². The summed E-state index contributed by atoms with van der Waals surface area (Å²) < 4.78 is 21.5. The molecule has 3 nitrogen and oxygen atoms in total. The van der Waals surface area contributed by atoms with Gasteiger partial charge in [-0.05, 0) is 19.4 Å². The van der Waals surface area contributed by atoms with E-state index >= 15 is 0 Å². The van der Waals surface area contributed by atoms with Crippen molar-refractivity contribution >= 4 is 9.84 Å². The molecule has 0 bridgehead atoms. The van der Waals surface area contributed by atoms with Crippen LogP contribution in [0.5, 0.6) is 0 Å². The smallest absolute Gasteiger partial charge is 0.153 e. The highest BCUT2D eigenvalue weighted by atomic mass is 32.2. The molecule has 1 rings (SSSR count). The van der Waals surface area contributed by atoms with Crippen LogP contribution in [0.4, 0.5) is 0 Å². The standard InChI is InChI=1S/C5H11NO2S/c6-3-1-5-2-4-9(5,7)8/h5H,1-4,6H2. The predicted octanol–water partition coefficient (Wildman–Crippen LogP) is -0.478. The summed E-state index contributed by atoms with van der Waals surface area (Å²) in [4.78, 5) is 0. The van der Waals surface area contributed by atoms with Crippen LogP contribution in [0, 0.1) is 0 Å². The SMILES string of the molecule is NCCC1CCS1(=O)=O. The van der Waals surface area contributed by atoms with E-state index in [1.54, 1.807) is 0 Å². The molecule has 0 aliphatic carbocycles. The maximum Gasteiger partial charge on any atom is 0.153 e. The average Bonchev–Trinajstić information content (AvgIpc) is 1.81. The van der Waals surface area contributed by atoms with Crippen LogP contribution >= 0.6 is 0 Å². The first-order chi connectivity index (χ1) is 4.17. The fraction of sp³-hybridized carbons (Fsp3) is 1.00. The number of hydrogen-bond donors (Lipinski definition) is 1. The van der Waals surface area contributed by atoms with Crippen LogP contribution in [0.2, 0.25) is 0 Å². The zero-order chi connectivity index (χ0) is 6.91. The Morgan fingerprint density at radius 2 is 2.22 bits per heavy atom. The van der Waals surface area contributed by atoms with Crippen molar-refractivity contribution < 1.29 is 8.42 Å². The molecule has 0 aromatic rings. The Hall–Kier alpha value is -0.0900. The minimum atomic E-state index is -2.66. The van der Waals surface area contributed by atoms with Crippen molar-refractivity contribution in [1.82, 2.24) is 0 Å². The van der Waals surface area contributed by atoms with Crippen molar-refractivity contribution in [2.75, 3.05) is 12.3 Å². The lowest BCUT2D eigenvalue weighted by atomic mass is 10.2. The minimum absolute atomic E-state index is 0.109. The van der Waals surface area contributed by atoms with Crippen LogP contribution in [0.1, 0.15) is 12.8 Å². The maximum atomic E-state index is 10.8. The van der Waals surface area contributed by atoms with Crippen LogP contribution in [0.15, 0.2) is 0 Å². The lowest BCUT2D eigenvalue weighted by Gasteiger charge is -2.24. The highest BCUT2D eigenvalue weighted by molar-refractivity contribution is 7.93. The van der Waals surface area contributed by atoms with E-state index in [2.05, 4.69) is 0 Å². The second kappa shape index (κ2) is 2.27. The molecule has 9 heavy (non-hydrogen) atoms. The van der Waals surface area contributed by atoms with Gasteiger partial charge in [0.25, 0.3) is 0 Å². The van der Waals surface area contributed by atoms with E-state index in [1.807, 2.05) is 0 Å². The minimum Gasteiger partial charge on any atom is -0.330 e. The van der Waals surface area contributed by atoms with E-state index in [0.717, 1.165) is 6.42 Å². The van der Waals surface area contributed by atoms with E-state index in [0.29, 0.717) is 18.7 Å². The highest BCUT2D eigenvalue weighted by Gasteiger charge is 2.34. The summed E-state index contributed by atoms with van der Waals surface area (Å²) >= 11 is 0. The van der Waals surface area contributed by atoms with Crippen molar-refractivity contribution in [3.63, 3.8) is 0 Å². The summed E-state index contributed by atoms with van der Waals surface area (Å²) in [5, 5.41) is -0.109. The van der Waals surface area contributed by atoms with Crippen molar-refractivity contribution in [1.29, 1.82) is 0 Å². The zero-order valence-electron chi connectivity index (χ0n) is 5.21. The van der Waals surface area contributed by atoms with Gasteiger partial charge in [0.1, 0.15) is 0 Å². The molecular formula is C5H11NO2S. The molecule has 0 spiro atoms. The first-order valence-corrected chi connectivity index (χ1v) is 4.80. The van der Waals surface area contributed by atoms with Crippen molar-refractivity contribution in [3.05, 3.63) is 0 Å². The molecule has 1 unspecified atom stereocenters. The molecule has 0 aromatic heterocycles. The first kappa shape index (κ1) is 7.02. The van der Waals surface area contributed by atoms with Crippen molar-refractivity contribution in [2.45, 2.75) is 18.1 Å². The molecule has 1 aliphatic heterocycles. The monoisotopic (exact) mass is 149 g/mol. The normalized spacial score (nSPS) is 31.4. The van der Waals surface area contributed by atoms with Gasteiger partial charge in [-0.15, -0.1) is 0 Å². The Morgan fingerprint density at radius 1 is 1.56 bits per heavy atom. The van der Waals surface area contributed by atoms with Crippen LogP contribution < -0.4 is 5.73 Å². The Morgan fingerprint density at radius 3 is 2.33 bits per heavy atom. The number of sulfone groups is 1. The van der Waals surface area contributed by atoms with Gasteiger partial charge in [0.2, 0.25) is 0 Å². The Balaban J connectivity index is 2.47. The predicted molar refractivity (Wildman–Crippen MR) is 35.9 cm³/mol. The van der Waals surface area contributed by atoms with Crippen LogP contribution in [-0.4, -0.2) is 26.0 Å². The molecule has 1 heterocycles. The summed E-state index contributed by atoms with van der Waals surface area (Å²) in [6.45, 7) is 0.490. The number of nitrogens with two attached hydrogens (primary N) is 1. The van der Waals surface area contributed by atoms with Crippen LogP contribution in [0.3, 0.4) is 0 Å². The summed E-state index contributed by atoms with van der Waals surface area (Å²) in [5.41, 5.74) is 5.20. The van der Waals surface area contributed by atoms with Gasteiger partial charge in [0, 0.05) is 0 Å². The quantitative estimate of drug-likeness (QED) is 0.577. The van der Waals surface area contributed by atoms with E-state index in [1.165, 1.54) is 0 Å². The van der Waals surface area contributed by atoms with E-state index in [-0.39, 0.29) is 5.25 Å². The molecule has 0 aromatic carbocycles. The zero-order valence-corrected chi connectivity index (χ0v) is 6.02. The first-order valence-electron chi connectivity index (χ1n) is 3.08. The van der Waals surface area contributed by atoms with Gasteiger partial charge >= 0.3 is 0 Å². The molecule has 0 amide bonds. The average molecular weight is 149 g/mol. The van der Waals surface area contributed by atoms with E-state index in [4.69, 9.17) is 5.73 Å². The molecular weight excluding hydrogens is 138 g/mol. The third-order valence-electron chi connectivity index (χ3n) is 1.72. The number of rotatable bonds is 2. The van der Waals surface area contributed by atoms with Gasteiger partial charge in [-0.2, -0.15) is 0 Å². The number of hydrogen-bond acceptors (Lipinski definition) is 3. The van der Waals surface area contributed by atoms with Gasteiger partial charge in [0.05, 0.1) is 11.0 Å². The summed E-state index contributed by atoms with van der Waals surface area (Å²) in [6, 6.07) is 0. The largest absolute Gasteiger partial charge is 0.330 e. The lowest BCUT2D eigenvalue weighted by Crippen LogP contribution is -2.37. The third-order valence-corrected chi connectivity index (χ3v) is 4.01. The fourth-order valence-corrected chi connectivity index (χ4v) is 2.44. The molecule has 0 saturated carbocycles. The molecule has 1 saturated heterocycles. The third kappa shape index (κ3) is 1.24. The molecule has 0 radical (unpaired) electrons. The summed E-state index contributed by atoms with van der Waals surface area (Å²) in [7, 11) is -2.66. The lowest BCUT2D eigenvalue weighted by molar-refractivity contribution is 0.537. The highest BCUT2D eigenvalue weighted by Crippen LogP contribution is 2.22. The molecule has 4 heteroatoms. The van der Waals surface area contributed by atoms with E-state index in [9.17, 15) is 8.42 Å². The van der Waals surface area contributed by atoms with Crippen LogP contribution in [0.25, 0.3) is 0 Å². The molecule has 54 valence electrons. The Bertz CT molecular complexity index is 185.